The number of carbonyl (C=O) groups is 2. The molecule has 32 heavy (non-hydrogen) atoms. The van der Waals surface area contributed by atoms with E-state index in [0.717, 1.165) is 5.56 Å². The Bertz CT molecular complexity index is 1090. The molecule has 2 amide bonds. The molecule has 3 aromatic rings. The molecule has 7 nitrogen and oxygen atoms in total. The minimum atomic E-state index is -0.375. The maximum absolute atomic E-state index is 13.0. The minimum Gasteiger partial charge on any atom is -0.349 e. The molecule has 4 rings (SSSR count). The van der Waals surface area contributed by atoms with Crippen molar-refractivity contribution >= 4 is 17.9 Å². The average Bonchev–Trinajstić information content (AvgIpc) is 3.26. The van der Waals surface area contributed by atoms with Crippen LogP contribution in [0.4, 0.5) is 4.39 Å². The second kappa shape index (κ2) is 10.00. The first-order valence-electron chi connectivity index (χ1n) is 10.5. The number of benzene rings is 2. The molecular weight excluding hydrogens is 409 g/mol. The Morgan fingerprint density at radius 1 is 1.06 bits per heavy atom. The molecule has 1 N–H and O–H groups in total. The lowest BCUT2D eigenvalue weighted by Crippen LogP contribution is -2.46. The van der Waals surface area contributed by atoms with E-state index in [4.69, 9.17) is 0 Å². The van der Waals surface area contributed by atoms with Gasteiger partial charge < -0.3 is 10.2 Å². The summed E-state index contributed by atoms with van der Waals surface area (Å²) in [7, 11) is 0. The number of nitrogens with zero attached hydrogens (tertiary/aromatic N) is 4. The van der Waals surface area contributed by atoms with E-state index < -0.39 is 0 Å². The Labute approximate surface area is 185 Å². The van der Waals surface area contributed by atoms with E-state index in [1.165, 1.54) is 30.3 Å². The Hall–Kier alpha value is -3.81. The highest BCUT2D eigenvalue weighted by molar-refractivity contribution is 5.94. The zero-order valence-electron chi connectivity index (χ0n) is 17.5. The van der Waals surface area contributed by atoms with Gasteiger partial charge in [-0.1, -0.05) is 35.5 Å². The molecule has 0 radical (unpaired) electrons. The summed E-state index contributed by atoms with van der Waals surface area (Å²) in [6.45, 7) is 1.73. The molecule has 0 saturated carbocycles. The van der Waals surface area contributed by atoms with Crippen LogP contribution >= 0.6 is 0 Å². The second-order valence-electron chi connectivity index (χ2n) is 7.74. The topological polar surface area (TPSA) is 80.1 Å². The van der Waals surface area contributed by atoms with Crippen LogP contribution in [0.2, 0.25) is 0 Å². The molecule has 8 heteroatoms. The van der Waals surface area contributed by atoms with E-state index in [0.29, 0.717) is 43.7 Å². The van der Waals surface area contributed by atoms with Crippen LogP contribution in [-0.4, -0.2) is 50.8 Å². The third-order valence-corrected chi connectivity index (χ3v) is 5.39. The fourth-order valence-electron chi connectivity index (χ4n) is 3.61. The highest BCUT2D eigenvalue weighted by Gasteiger charge is 2.23. The van der Waals surface area contributed by atoms with Crippen molar-refractivity contribution in [3.63, 3.8) is 0 Å². The van der Waals surface area contributed by atoms with E-state index in [1.807, 2.05) is 30.3 Å². The number of halogens is 1. The largest absolute Gasteiger partial charge is 0.349 e. The molecule has 0 bridgehead atoms. The van der Waals surface area contributed by atoms with Gasteiger partial charge in [0.1, 0.15) is 11.5 Å². The van der Waals surface area contributed by atoms with Crippen LogP contribution in [-0.2, 0) is 11.3 Å². The maximum atomic E-state index is 13.0. The van der Waals surface area contributed by atoms with Crippen molar-refractivity contribution in [2.75, 3.05) is 13.1 Å². The van der Waals surface area contributed by atoms with Gasteiger partial charge in [-0.25, -0.2) is 9.07 Å². The van der Waals surface area contributed by atoms with Crippen molar-refractivity contribution in [1.29, 1.82) is 0 Å². The summed E-state index contributed by atoms with van der Waals surface area (Å²) in [5, 5.41) is 11.1. The van der Waals surface area contributed by atoms with E-state index in [2.05, 4.69) is 15.6 Å². The molecule has 0 atom stereocenters. The van der Waals surface area contributed by atoms with Gasteiger partial charge in [0.15, 0.2) is 0 Å². The molecule has 1 aliphatic heterocycles. The quantitative estimate of drug-likeness (QED) is 0.607. The lowest BCUT2D eigenvalue weighted by molar-refractivity contribution is -0.127. The first-order valence-corrected chi connectivity index (χ1v) is 10.5. The van der Waals surface area contributed by atoms with Gasteiger partial charge in [0.05, 0.1) is 12.7 Å². The standard InChI is InChI=1S/C24H24FN5O2/c25-20-8-6-19(7-9-20)24(32)26-21-12-14-29(15-13-21)23(31)11-10-22-17-30(28-27-22)16-18-4-2-1-3-5-18/h1-11,17,21H,12-16H2,(H,26,32)/b11-10+. The molecule has 1 saturated heterocycles. The van der Waals surface area contributed by atoms with E-state index in [1.54, 1.807) is 21.9 Å². The molecule has 0 unspecified atom stereocenters. The predicted molar refractivity (Wildman–Crippen MR) is 118 cm³/mol. The van der Waals surface area contributed by atoms with E-state index in [9.17, 15) is 14.0 Å². The Morgan fingerprint density at radius 3 is 2.50 bits per heavy atom. The maximum Gasteiger partial charge on any atom is 0.251 e. The molecule has 0 spiro atoms. The number of carbonyl (C=O) groups excluding carboxylic acids is 2. The summed E-state index contributed by atoms with van der Waals surface area (Å²) < 4.78 is 14.7. The average molecular weight is 433 g/mol. The predicted octanol–water partition coefficient (Wildman–Crippen LogP) is 2.90. The van der Waals surface area contributed by atoms with Gasteiger partial charge >= 0.3 is 0 Å². The first kappa shape index (κ1) is 21.4. The number of likely N-dealkylation sites (tertiary alicyclic amines) is 1. The number of piperidine rings is 1. The number of nitrogens with one attached hydrogen (secondary N) is 1. The van der Waals surface area contributed by atoms with Crippen molar-refractivity contribution < 1.29 is 14.0 Å². The Kier molecular flexibility index (Phi) is 6.69. The number of rotatable bonds is 6. The van der Waals surface area contributed by atoms with Crippen molar-refractivity contribution in [2.24, 2.45) is 0 Å². The SMILES string of the molecule is O=C(NC1CCN(C(=O)/C=C/c2cn(Cc3ccccc3)nn2)CC1)c1ccc(F)cc1. The van der Waals surface area contributed by atoms with Crippen LogP contribution in [0.3, 0.4) is 0 Å². The summed E-state index contributed by atoms with van der Waals surface area (Å²) >= 11 is 0. The van der Waals surface area contributed by atoms with Gasteiger partial charge in [-0.15, -0.1) is 5.10 Å². The molecule has 2 aromatic carbocycles. The highest BCUT2D eigenvalue weighted by Crippen LogP contribution is 2.13. The third-order valence-electron chi connectivity index (χ3n) is 5.39. The minimum absolute atomic E-state index is 0.0153. The smallest absolute Gasteiger partial charge is 0.251 e. The van der Waals surface area contributed by atoms with Crippen LogP contribution in [0.15, 0.2) is 66.9 Å². The zero-order chi connectivity index (χ0) is 22.3. The number of hydrogen-bond donors (Lipinski definition) is 1. The van der Waals surface area contributed by atoms with Crippen LogP contribution in [0.5, 0.6) is 0 Å². The molecule has 1 aliphatic rings. The summed E-state index contributed by atoms with van der Waals surface area (Å²) in [4.78, 5) is 26.5. The molecular formula is C24H24FN5O2. The van der Waals surface area contributed by atoms with Crippen LogP contribution in [0.1, 0.15) is 34.5 Å². The van der Waals surface area contributed by atoms with Gasteiger partial charge in [0.2, 0.25) is 5.91 Å². The van der Waals surface area contributed by atoms with Gasteiger partial charge in [0.25, 0.3) is 5.91 Å². The van der Waals surface area contributed by atoms with Crippen molar-refractivity contribution in [1.82, 2.24) is 25.2 Å². The second-order valence-corrected chi connectivity index (χ2v) is 7.74. The van der Waals surface area contributed by atoms with Gasteiger partial charge in [0, 0.05) is 30.8 Å². The molecule has 0 aliphatic carbocycles. The van der Waals surface area contributed by atoms with E-state index >= 15 is 0 Å². The lowest BCUT2D eigenvalue weighted by Gasteiger charge is -2.31. The Morgan fingerprint density at radius 2 is 1.78 bits per heavy atom. The lowest BCUT2D eigenvalue weighted by atomic mass is 10.0. The molecule has 2 heterocycles. The molecule has 164 valence electrons. The third kappa shape index (κ3) is 5.66. The van der Waals surface area contributed by atoms with Gasteiger partial charge in [-0.05, 0) is 48.7 Å². The molecule has 1 fully saturated rings. The normalized spacial score (nSPS) is 14.6. The fraction of sp³-hybridized carbons (Fsp3) is 0.250. The first-order chi connectivity index (χ1) is 15.6. The summed E-state index contributed by atoms with van der Waals surface area (Å²) in [5.41, 5.74) is 2.17. The van der Waals surface area contributed by atoms with Crippen LogP contribution in [0.25, 0.3) is 6.08 Å². The van der Waals surface area contributed by atoms with Gasteiger partial charge in [-0.3, -0.25) is 9.59 Å². The van der Waals surface area contributed by atoms with Crippen LogP contribution < -0.4 is 5.32 Å². The summed E-state index contributed by atoms with van der Waals surface area (Å²) in [5.74, 6) is -0.695. The fourth-order valence-corrected chi connectivity index (χ4v) is 3.61. The van der Waals surface area contributed by atoms with Crippen LogP contribution in [0, 0.1) is 5.82 Å². The Balaban J connectivity index is 1.24. The summed E-state index contributed by atoms with van der Waals surface area (Å²) in [6.07, 6.45) is 6.31. The number of amides is 2. The number of aromatic nitrogens is 3. The zero-order valence-corrected chi connectivity index (χ0v) is 17.5. The monoisotopic (exact) mass is 433 g/mol. The highest BCUT2D eigenvalue weighted by atomic mass is 19.1. The number of hydrogen-bond acceptors (Lipinski definition) is 4. The van der Waals surface area contributed by atoms with E-state index in [-0.39, 0.29) is 23.7 Å². The van der Waals surface area contributed by atoms with Crippen molar-refractivity contribution in [2.45, 2.75) is 25.4 Å². The van der Waals surface area contributed by atoms with Gasteiger partial charge in [-0.2, -0.15) is 0 Å². The van der Waals surface area contributed by atoms with Crippen molar-refractivity contribution in [3.05, 3.63) is 89.5 Å². The molecule has 1 aromatic heterocycles. The van der Waals surface area contributed by atoms with Crippen molar-refractivity contribution in [3.8, 4) is 0 Å². The summed E-state index contributed by atoms with van der Waals surface area (Å²) in [6, 6.07) is 15.4.